The first-order valence-corrected chi connectivity index (χ1v) is 7.15. The van der Waals surface area contributed by atoms with Crippen molar-refractivity contribution in [2.45, 2.75) is 12.8 Å². The fourth-order valence-electron chi connectivity index (χ4n) is 2.46. The van der Waals surface area contributed by atoms with Gasteiger partial charge in [0.15, 0.2) is 5.41 Å². The number of nitrogens with one attached hydrogen (secondary N) is 2. The molecule has 0 aromatic carbocycles. The zero-order valence-corrected chi connectivity index (χ0v) is 13.1. The summed E-state index contributed by atoms with van der Waals surface area (Å²) < 4.78 is 0. The number of nitrogens with zero attached hydrogens (tertiary/aromatic N) is 1. The minimum atomic E-state index is -2.23. The average molecular weight is 336 g/mol. The quantitative estimate of drug-likeness (QED) is 0.139. The molecule has 1 fully saturated rings. The molecule has 1 rings (SSSR count). The molecule has 0 aliphatic carbocycles. The van der Waals surface area contributed by atoms with Crippen LogP contribution in [0.15, 0.2) is 30.3 Å². The predicted octanol–water partition coefficient (Wildman–Crippen LogP) is -1.04. The van der Waals surface area contributed by atoms with Crippen LogP contribution in [0, 0.1) is 11.3 Å². The molecule has 5 N–H and O–H groups in total. The number of amides is 3. The fraction of sp³-hybridized carbons (Fsp3) is 0.400. The second-order valence-electron chi connectivity index (χ2n) is 5.24. The monoisotopic (exact) mass is 336 g/mol. The molecule has 3 amide bonds. The second-order valence-corrected chi connectivity index (χ2v) is 5.24. The molecule has 2 unspecified atom stereocenters. The summed E-state index contributed by atoms with van der Waals surface area (Å²) in [6.45, 7) is 7.17. The maximum atomic E-state index is 12.4. The third kappa shape index (κ3) is 3.86. The minimum Gasteiger partial charge on any atom is -0.480 e. The van der Waals surface area contributed by atoms with Crippen molar-refractivity contribution in [1.29, 1.82) is 0 Å². The average Bonchev–Trinajstić information content (AvgIpc) is 2.83. The van der Waals surface area contributed by atoms with Crippen molar-refractivity contribution in [3.63, 3.8) is 0 Å². The van der Waals surface area contributed by atoms with Crippen molar-refractivity contribution in [2.75, 3.05) is 13.1 Å². The zero-order chi connectivity index (χ0) is 18.3. The molecule has 1 heterocycles. The highest BCUT2D eigenvalue weighted by atomic mass is 16.4. The van der Waals surface area contributed by atoms with Crippen LogP contribution in [0.1, 0.15) is 12.8 Å². The molecule has 0 bridgehead atoms. The van der Waals surface area contributed by atoms with Crippen molar-refractivity contribution >= 4 is 29.5 Å². The van der Waals surface area contributed by atoms with Crippen molar-refractivity contribution in [3.8, 4) is 0 Å². The smallest absolute Gasteiger partial charge is 0.320 e. The highest BCUT2D eigenvalue weighted by molar-refractivity contribution is 6.18. The number of nitrogens with two attached hydrogens (primary N) is 1. The standard InChI is InChI=1S/C15H20N4O5/c1-3-5-17-10(16)7-9(12(21)18-6-4-2)15(14(23)24)8-11(20)19-13(15)22/h3-4,9H,1-2,5-8H2,(H2,16,17)(H,18,21)(H,23,24)(H,19,20,22). The Morgan fingerprint density at radius 3 is 2.54 bits per heavy atom. The number of amidine groups is 1. The van der Waals surface area contributed by atoms with E-state index < -0.39 is 41.4 Å². The summed E-state index contributed by atoms with van der Waals surface area (Å²) in [6, 6.07) is 0. The first kappa shape index (κ1) is 19.1. The van der Waals surface area contributed by atoms with Gasteiger partial charge in [0, 0.05) is 13.0 Å². The van der Waals surface area contributed by atoms with Crippen LogP contribution in [0.3, 0.4) is 0 Å². The van der Waals surface area contributed by atoms with Crippen LogP contribution in [0.4, 0.5) is 0 Å². The Morgan fingerprint density at radius 1 is 1.42 bits per heavy atom. The maximum absolute atomic E-state index is 12.4. The van der Waals surface area contributed by atoms with Gasteiger partial charge < -0.3 is 16.2 Å². The number of hydrogen-bond acceptors (Lipinski definition) is 5. The van der Waals surface area contributed by atoms with Gasteiger partial charge in [-0.2, -0.15) is 0 Å². The van der Waals surface area contributed by atoms with Gasteiger partial charge in [0.1, 0.15) is 0 Å². The Morgan fingerprint density at radius 2 is 2.08 bits per heavy atom. The lowest BCUT2D eigenvalue weighted by Crippen LogP contribution is -2.52. The molecule has 9 heteroatoms. The van der Waals surface area contributed by atoms with E-state index in [0.717, 1.165) is 0 Å². The van der Waals surface area contributed by atoms with Gasteiger partial charge in [0.25, 0.3) is 0 Å². The molecule has 0 aromatic rings. The van der Waals surface area contributed by atoms with Crippen LogP contribution < -0.4 is 16.4 Å². The van der Waals surface area contributed by atoms with Crippen molar-refractivity contribution in [2.24, 2.45) is 22.1 Å². The molecule has 2 atom stereocenters. The van der Waals surface area contributed by atoms with Gasteiger partial charge in [-0.25, -0.2) is 0 Å². The van der Waals surface area contributed by atoms with Crippen LogP contribution in [-0.4, -0.2) is 47.7 Å². The SMILES string of the molecule is C=CCN=C(N)CC(C(=O)NCC=C)C1(C(=O)O)CC(=O)NC1=O. The number of carboxylic acids is 1. The lowest BCUT2D eigenvalue weighted by Gasteiger charge is -2.29. The van der Waals surface area contributed by atoms with Crippen LogP contribution in [0.5, 0.6) is 0 Å². The van der Waals surface area contributed by atoms with Gasteiger partial charge in [0.05, 0.1) is 24.7 Å². The van der Waals surface area contributed by atoms with E-state index in [2.05, 4.69) is 23.5 Å². The number of carboxylic acid groups (broad SMARTS) is 1. The third-order valence-corrected chi connectivity index (χ3v) is 3.65. The summed E-state index contributed by atoms with van der Waals surface area (Å²) >= 11 is 0. The summed E-state index contributed by atoms with van der Waals surface area (Å²) in [5.74, 6) is -5.49. The van der Waals surface area contributed by atoms with Crippen molar-refractivity contribution < 1.29 is 24.3 Å². The van der Waals surface area contributed by atoms with E-state index in [-0.39, 0.29) is 25.3 Å². The number of aliphatic imine (C=N–C) groups is 1. The van der Waals surface area contributed by atoms with E-state index in [0.29, 0.717) is 0 Å². The molecule has 0 saturated carbocycles. The number of rotatable bonds is 9. The Kier molecular flexibility index (Phi) is 6.39. The highest BCUT2D eigenvalue weighted by Crippen LogP contribution is 2.38. The molecule has 1 saturated heterocycles. The molecule has 9 nitrogen and oxygen atoms in total. The Balaban J connectivity index is 3.27. The van der Waals surface area contributed by atoms with E-state index in [4.69, 9.17) is 5.73 Å². The van der Waals surface area contributed by atoms with Gasteiger partial charge in [0.2, 0.25) is 17.7 Å². The van der Waals surface area contributed by atoms with Crippen molar-refractivity contribution in [3.05, 3.63) is 25.3 Å². The second kappa shape index (κ2) is 8.04. The van der Waals surface area contributed by atoms with Crippen molar-refractivity contribution in [1.82, 2.24) is 10.6 Å². The van der Waals surface area contributed by atoms with Crippen LogP contribution in [0.25, 0.3) is 0 Å². The Labute approximate surface area is 138 Å². The van der Waals surface area contributed by atoms with Gasteiger partial charge >= 0.3 is 5.97 Å². The predicted molar refractivity (Wildman–Crippen MR) is 85.8 cm³/mol. The topological polar surface area (TPSA) is 151 Å². The van der Waals surface area contributed by atoms with Gasteiger partial charge in [-0.1, -0.05) is 12.2 Å². The van der Waals surface area contributed by atoms with Crippen LogP contribution in [0.2, 0.25) is 0 Å². The number of aliphatic carboxylic acids is 1. The lowest BCUT2D eigenvalue weighted by atomic mass is 9.71. The Hall–Kier alpha value is -2.97. The van der Waals surface area contributed by atoms with E-state index >= 15 is 0 Å². The molecule has 0 aromatic heterocycles. The summed E-state index contributed by atoms with van der Waals surface area (Å²) in [7, 11) is 0. The third-order valence-electron chi connectivity index (χ3n) is 3.65. The molecular weight excluding hydrogens is 316 g/mol. The number of imide groups is 1. The molecule has 1 aliphatic rings. The number of carbonyl (C=O) groups excluding carboxylic acids is 3. The normalized spacial score (nSPS) is 21.8. The minimum absolute atomic E-state index is 0.0126. The van der Waals surface area contributed by atoms with Gasteiger partial charge in [-0.15, -0.1) is 13.2 Å². The molecule has 0 spiro atoms. The fourth-order valence-corrected chi connectivity index (χ4v) is 2.46. The zero-order valence-electron chi connectivity index (χ0n) is 13.1. The molecule has 24 heavy (non-hydrogen) atoms. The van der Waals surface area contributed by atoms with E-state index in [1.54, 1.807) is 0 Å². The van der Waals surface area contributed by atoms with E-state index in [9.17, 15) is 24.3 Å². The summed E-state index contributed by atoms with van der Waals surface area (Å²) in [4.78, 5) is 51.8. The Bertz CT molecular complexity index is 613. The molecule has 0 radical (unpaired) electrons. The lowest BCUT2D eigenvalue weighted by molar-refractivity contribution is -0.161. The molecule has 130 valence electrons. The maximum Gasteiger partial charge on any atom is 0.320 e. The first-order chi connectivity index (χ1) is 11.3. The van der Waals surface area contributed by atoms with E-state index in [1.165, 1.54) is 12.2 Å². The van der Waals surface area contributed by atoms with Crippen LogP contribution >= 0.6 is 0 Å². The van der Waals surface area contributed by atoms with Gasteiger partial charge in [-0.3, -0.25) is 29.5 Å². The molecular formula is C15H20N4O5. The summed E-state index contributed by atoms with van der Waals surface area (Å²) in [5.41, 5.74) is 3.50. The summed E-state index contributed by atoms with van der Waals surface area (Å²) in [5, 5.41) is 14.0. The van der Waals surface area contributed by atoms with E-state index in [1.807, 2.05) is 5.32 Å². The van der Waals surface area contributed by atoms with Crippen LogP contribution in [-0.2, 0) is 19.2 Å². The largest absolute Gasteiger partial charge is 0.480 e. The first-order valence-electron chi connectivity index (χ1n) is 7.15. The number of hydrogen-bond donors (Lipinski definition) is 4. The summed E-state index contributed by atoms with van der Waals surface area (Å²) in [6.07, 6.45) is 1.95. The number of carbonyl (C=O) groups is 4. The highest BCUT2D eigenvalue weighted by Gasteiger charge is 2.60. The molecule has 1 aliphatic heterocycles. The van der Waals surface area contributed by atoms with Gasteiger partial charge in [-0.05, 0) is 0 Å².